The Morgan fingerprint density at radius 1 is 1.57 bits per heavy atom. The number of aliphatic imine (C=N–C) groups is 1. The van der Waals surface area contributed by atoms with Crippen LogP contribution in [0, 0.1) is 6.92 Å². The van der Waals surface area contributed by atoms with Crippen LogP contribution < -0.4 is 5.32 Å². The van der Waals surface area contributed by atoms with Gasteiger partial charge < -0.3 is 14.7 Å². The molecule has 6 nitrogen and oxygen atoms in total. The minimum atomic E-state index is 0.556. The zero-order valence-corrected chi connectivity index (χ0v) is 8.32. The Hall–Kier alpha value is -1.59. The fraction of sp³-hybridized carbons (Fsp3) is 0.625. The lowest BCUT2D eigenvalue weighted by Gasteiger charge is -2.13. The maximum Gasteiger partial charge on any atom is 0.223 e. The van der Waals surface area contributed by atoms with E-state index in [1.54, 1.807) is 6.92 Å². The number of hydrogen-bond acceptors (Lipinski definition) is 6. The highest BCUT2D eigenvalue weighted by Gasteiger charge is 2.12. The summed E-state index contributed by atoms with van der Waals surface area (Å²) in [6, 6.07) is 0. The summed E-state index contributed by atoms with van der Waals surface area (Å²) in [7, 11) is 2.00. The molecule has 0 spiro atoms. The predicted molar refractivity (Wildman–Crippen MR) is 50.8 cm³/mol. The van der Waals surface area contributed by atoms with E-state index in [9.17, 15) is 0 Å². The molecule has 0 amide bonds. The van der Waals surface area contributed by atoms with Gasteiger partial charge in [0.25, 0.3) is 0 Å². The molecular formula is C8H13N5O. The fourth-order valence-electron chi connectivity index (χ4n) is 1.29. The number of nitrogens with zero attached hydrogens (tertiary/aromatic N) is 4. The molecule has 1 aromatic rings. The maximum atomic E-state index is 4.85. The van der Waals surface area contributed by atoms with E-state index in [1.165, 1.54) is 0 Å². The standard InChI is InChI=1S/C8H13N5O/c1-6-11-7(12-14-6)5-10-8-9-3-4-13(8)2/h3-5H2,1-2H3,(H,9,10). The smallest absolute Gasteiger partial charge is 0.223 e. The molecule has 0 saturated carbocycles. The molecule has 76 valence electrons. The fourth-order valence-corrected chi connectivity index (χ4v) is 1.29. The second-order valence-corrected chi connectivity index (χ2v) is 3.21. The third-order valence-corrected chi connectivity index (χ3v) is 2.03. The molecule has 0 fully saturated rings. The Balaban J connectivity index is 1.88. The van der Waals surface area contributed by atoms with Crippen LogP contribution in [-0.2, 0) is 6.54 Å². The van der Waals surface area contributed by atoms with Crippen LogP contribution in [0.1, 0.15) is 11.7 Å². The predicted octanol–water partition coefficient (Wildman–Crippen LogP) is -0.231. The lowest BCUT2D eigenvalue weighted by molar-refractivity contribution is 0.386. The molecule has 6 heteroatoms. The minimum Gasteiger partial charge on any atom is -0.349 e. The van der Waals surface area contributed by atoms with Crippen molar-refractivity contribution in [3.63, 3.8) is 0 Å². The number of nitrogens with one attached hydrogen (secondary N) is 1. The van der Waals surface area contributed by atoms with Gasteiger partial charge in [-0.15, -0.1) is 0 Å². The van der Waals surface area contributed by atoms with E-state index >= 15 is 0 Å². The quantitative estimate of drug-likeness (QED) is 0.706. The first-order valence-corrected chi connectivity index (χ1v) is 4.54. The van der Waals surface area contributed by atoms with E-state index in [0.29, 0.717) is 18.3 Å². The Morgan fingerprint density at radius 3 is 3.00 bits per heavy atom. The van der Waals surface area contributed by atoms with E-state index in [2.05, 4.69) is 25.3 Å². The third-order valence-electron chi connectivity index (χ3n) is 2.03. The average Bonchev–Trinajstić information content (AvgIpc) is 2.72. The van der Waals surface area contributed by atoms with Crippen LogP contribution >= 0.6 is 0 Å². The van der Waals surface area contributed by atoms with Crippen molar-refractivity contribution >= 4 is 5.96 Å². The highest BCUT2D eigenvalue weighted by atomic mass is 16.5. The van der Waals surface area contributed by atoms with Gasteiger partial charge in [0.2, 0.25) is 5.89 Å². The third kappa shape index (κ3) is 1.84. The molecule has 1 aromatic heterocycles. The van der Waals surface area contributed by atoms with Crippen molar-refractivity contribution in [3.8, 4) is 0 Å². The van der Waals surface area contributed by atoms with Crippen molar-refractivity contribution < 1.29 is 4.52 Å². The van der Waals surface area contributed by atoms with Crippen LogP contribution in [0.15, 0.2) is 9.52 Å². The summed E-state index contributed by atoms with van der Waals surface area (Å²) in [6.45, 7) is 4.15. The molecule has 1 aliphatic rings. The lowest BCUT2D eigenvalue weighted by atomic mass is 10.6. The highest BCUT2D eigenvalue weighted by molar-refractivity contribution is 5.80. The second-order valence-electron chi connectivity index (χ2n) is 3.21. The summed E-state index contributed by atoms with van der Waals surface area (Å²) in [4.78, 5) is 10.4. The zero-order valence-electron chi connectivity index (χ0n) is 8.32. The van der Waals surface area contributed by atoms with E-state index in [0.717, 1.165) is 19.0 Å². The van der Waals surface area contributed by atoms with Gasteiger partial charge in [0.15, 0.2) is 11.8 Å². The first-order valence-electron chi connectivity index (χ1n) is 4.54. The van der Waals surface area contributed by atoms with Gasteiger partial charge in [0.05, 0.1) is 13.1 Å². The first-order chi connectivity index (χ1) is 6.75. The molecule has 1 N–H and O–H groups in total. The largest absolute Gasteiger partial charge is 0.349 e. The topological polar surface area (TPSA) is 66.6 Å². The number of rotatable bonds is 2. The molecule has 0 aromatic carbocycles. The monoisotopic (exact) mass is 195 g/mol. The van der Waals surface area contributed by atoms with Crippen LogP contribution in [0.2, 0.25) is 0 Å². The van der Waals surface area contributed by atoms with Gasteiger partial charge in [-0.3, -0.25) is 4.99 Å². The first kappa shape index (κ1) is 8.98. The molecule has 0 unspecified atom stereocenters. The van der Waals surface area contributed by atoms with Gasteiger partial charge in [0.1, 0.15) is 0 Å². The molecule has 1 aliphatic heterocycles. The van der Waals surface area contributed by atoms with E-state index in [4.69, 9.17) is 4.52 Å². The number of hydrogen-bond donors (Lipinski definition) is 1. The van der Waals surface area contributed by atoms with E-state index < -0.39 is 0 Å². The minimum absolute atomic E-state index is 0.556. The van der Waals surface area contributed by atoms with Crippen molar-refractivity contribution in [2.75, 3.05) is 20.1 Å². The normalized spacial score (nSPS) is 15.9. The molecule has 2 rings (SSSR count). The van der Waals surface area contributed by atoms with Crippen LogP contribution in [0.3, 0.4) is 0 Å². The van der Waals surface area contributed by atoms with Crippen LogP contribution in [0.4, 0.5) is 0 Å². The number of guanidine groups is 1. The van der Waals surface area contributed by atoms with Crippen molar-refractivity contribution in [3.05, 3.63) is 11.7 Å². The molecule has 0 radical (unpaired) electrons. The van der Waals surface area contributed by atoms with Crippen molar-refractivity contribution in [1.82, 2.24) is 20.4 Å². The van der Waals surface area contributed by atoms with Crippen molar-refractivity contribution in [1.29, 1.82) is 0 Å². The van der Waals surface area contributed by atoms with Crippen LogP contribution in [-0.4, -0.2) is 41.1 Å². The summed E-state index contributed by atoms with van der Waals surface area (Å²) < 4.78 is 4.85. The number of aryl methyl sites for hydroxylation is 1. The molecule has 0 aliphatic carbocycles. The van der Waals surface area contributed by atoms with Gasteiger partial charge >= 0.3 is 0 Å². The molecule has 0 saturated heterocycles. The summed E-state index contributed by atoms with van der Waals surface area (Å²) in [5.74, 6) is 2.14. The van der Waals surface area contributed by atoms with E-state index in [1.807, 2.05) is 7.05 Å². The van der Waals surface area contributed by atoms with Gasteiger partial charge in [-0.1, -0.05) is 5.16 Å². The molecule has 2 heterocycles. The molecular weight excluding hydrogens is 182 g/mol. The zero-order chi connectivity index (χ0) is 9.97. The Bertz CT molecular complexity index is 345. The second kappa shape index (κ2) is 3.65. The van der Waals surface area contributed by atoms with Crippen LogP contribution in [0.5, 0.6) is 0 Å². The van der Waals surface area contributed by atoms with Gasteiger partial charge in [-0.25, -0.2) is 0 Å². The van der Waals surface area contributed by atoms with Gasteiger partial charge in [0, 0.05) is 20.5 Å². The van der Waals surface area contributed by atoms with Crippen molar-refractivity contribution in [2.45, 2.75) is 13.5 Å². The highest BCUT2D eigenvalue weighted by Crippen LogP contribution is 1.98. The maximum absolute atomic E-state index is 4.85. The van der Waals surface area contributed by atoms with Crippen molar-refractivity contribution in [2.24, 2.45) is 4.99 Å². The molecule has 0 bridgehead atoms. The molecule has 14 heavy (non-hydrogen) atoms. The number of likely N-dealkylation sites (N-methyl/N-ethyl adjacent to an activating group) is 1. The van der Waals surface area contributed by atoms with Crippen LogP contribution in [0.25, 0.3) is 0 Å². The Morgan fingerprint density at radius 2 is 2.43 bits per heavy atom. The molecule has 0 atom stereocenters. The summed E-state index contributed by atoms with van der Waals surface area (Å²) in [5, 5.41) is 6.93. The SMILES string of the molecule is Cc1nc(CNC2=NCCN2C)no1. The van der Waals surface area contributed by atoms with Gasteiger partial charge in [-0.2, -0.15) is 4.98 Å². The summed E-state index contributed by atoms with van der Waals surface area (Å²) in [6.07, 6.45) is 0. The van der Waals surface area contributed by atoms with E-state index in [-0.39, 0.29) is 0 Å². The Kier molecular flexibility index (Phi) is 2.34. The average molecular weight is 195 g/mol. The number of aromatic nitrogens is 2. The summed E-state index contributed by atoms with van der Waals surface area (Å²) in [5.41, 5.74) is 0. The van der Waals surface area contributed by atoms with Gasteiger partial charge in [-0.05, 0) is 0 Å². The lowest BCUT2D eigenvalue weighted by Crippen LogP contribution is -2.35. The summed E-state index contributed by atoms with van der Waals surface area (Å²) >= 11 is 0. The Labute approximate surface area is 82.0 Å².